The number of aryl methyl sites for hydroxylation is 1. The second-order valence-corrected chi connectivity index (χ2v) is 6.03. The fraction of sp³-hybridized carbons (Fsp3) is 0.316. The van der Waals surface area contributed by atoms with Gasteiger partial charge >= 0.3 is 0 Å². The number of likely N-dealkylation sites (tertiary alicyclic amines) is 1. The zero-order chi connectivity index (χ0) is 17.6. The monoisotopic (exact) mass is 336 g/mol. The van der Waals surface area contributed by atoms with E-state index in [1.54, 1.807) is 11.0 Å². The summed E-state index contributed by atoms with van der Waals surface area (Å²) in [6.45, 7) is 3.17. The Kier molecular flexibility index (Phi) is 5.14. The van der Waals surface area contributed by atoms with Gasteiger partial charge in [0.1, 0.15) is 17.6 Å². The van der Waals surface area contributed by atoms with Crippen molar-refractivity contribution in [3.63, 3.8) is 0 Å². The number of carbonyl (C=O) groups excluding carboxylic acids is 1. The number of para-hydroxylation sites is 1. The maximum absolute atomic E-state index is 12.3. The normalized spacial score (nSPS) is 16.3. The first-order chi connectivity index (χ1) is 12.2. The second kappa shape index (κ2) is 7.67. The molecule has 1 unspecified atom stereocenters. The van der Waals surface area contributed by atoms with Gasteiger partial charge in [0.05, 0.1) is 5.56 Å². The Balaban J connectivity index is 1.54. The molecule has 1 saturated heterocycles. The van der Waals surface area contributed by atoms with Crippen LogP contribution >= 0.6 is 0 Å². The van der Waals surface area contributed by atoms with Crippen LogP contribution in [0.2, 0.25) is 0 Å². The minimum atomic E-state index is -0.0362. The van der Waals surface area contributed by atoms with E-state index in [-0.39, 0.29) is 18.6 Å². The Morgan fingerprint density at radius 2 is 2.16 bits per heavy atom. The molecule has 1 aromatic carbocycles. The predicted octanol–water partition coefficient (Wildman–Crippen LogP) is 2.35. The van der Waals surface area contributed by atoms with E-state index in [1.165, 1.54) is 0 Å². The average molecular weight is 336 g/mol. The quantitative estimate of drug-likeness (QED) is 0.907. The number of rotatable bonds is 5. The van der Waals surface area contributed by atoms with E-state index >= 15 is 0 Å². The summed E-state index contributed by atoms with van der Waals surface area (Å²) in [6, 6.07) is 15.1. The van der Waals surface area contributed by atoms with Crippen molar-refractivity contribution in [1.82, 2.24) is 9.88 Å². The minimum absolute atomic E-state index is 0.0306. The highest BCUT2D eigenvalue weighted by Crippen LogP contribution is 2.18. The maximum atomic E-state index is 12.3. The third kappa shape index (κ3) is 4.27. The summed E-state index contributed by atoms with van der Waals surface area (Å²) in [5.74, 6) is 1.24. The van der Waals surface area contributed by atoms with Crippen molar-refractivity contribution in [2.45, 2.75) is 19.4 Å². The van der Waals surface area contributed by atoms with Crippen LogP contribution in [-0.4, -0.2) is 41.5 Å². The first-order valence-corrected chi connectivity index (χ1v) is 8.25. The average Bonchev–Trinajstić information content (AvgIpc) is 3.09. The zero-order valence-corrected chi connectivity index (χ0v) is 14.1. The van der Waals surface area contributed by atoms with Gasteiger partial charge in [-0.05, 0) is 37.6 Å². The van der Waals surface area contributed by atoms with Crippen LogP contribution in [-0.2, 0) is 4.79 Å². The number of carbonyl (C=O) groups is 1. The molecule has 0 radical (unpaired) electrons. The zero-order valence-electron chi connectivity index (χ0n) is 14.1. The largest absolute Gasteiger partial charge is 0.484 e. The highest BCUT2D eigenvalue weighted by molar-refractivity contribution is 5.78. The lowest BCUT2D eigenvalue weighted by Crippen LogP contribution is -2.35. The lowest BCUT2D eigenvalue weighted by Gasteiger charge is -2.18. The van der Waals surface area contributed by atoms with Crippen LogP contribution in [0, 0.1) is 18.3 Å². The number of nitrogens with zero attached hydrogens (tertiary/aromatic N) is 3. The molecule has 0 spiro atoms. The predicted molar refractivity (Wildman–Crippen MR) is 94.2 cm³/mol. The van der Waals surface area contributed by atoms with Gasteiger partial charge in [-0.1, -0.05) is 18.2 Å². The molecule has 0 saturated carbocycles. The lowest BCUT2D eigenvalue weighted by atomic mass is 10.2. The number of anilines is 1. The van der Waals surface area contributed by atoms with Crippen molar-refractivity contribution in [1.29, 1.82) is 5.26 Å². The summed E-state index contributed by atoms with van der Waals surface area (Å²) < 4.78 is 5.52. The van der Waals surface area contributed by atoms with Crippen molar-refractivity contribution >= 4 is 11.7 Å². The van der Waals surface area contributed by atoms with Gasteiger partial charge < -0.3 is 15.0 Å². The van der Waals surface area contributed by atoms with E-state index in [0.717, 1.165) is 12.1 Å². The second-order valence-electron chi connectivity index (χ2n) is 6.03. The van der Waals surface area contributed by atoms with Gasteiger partial charge in [-0.15, -0.1) is 0 Å². The van der Waals surface area contributed by atoms with Gasteiger partial charge in [0.25, 0.3) is 5.91 Å². The Morgan fingerprint density at radius 3 is 2.92 bits per heavy atom. The number of ether oxygens (including phenoxy) is 1. The van der Waals surface area contributed by atoms with Gasteiger partial charge in [-0.3, -0.25) is 4.79 Å². The van der Waals surface area contributed by atoms with Gasteiger partial charge in [0, 0.05) is 24.8 Å². The topological polar surface area (TPSA) is 78.2 Å². The molecule has 2 heterocycles. The van der Waals surface area contributed by atoms with E-state index in [2.05, 4.69) is 16.4 Å². The van der Waals surface area contributed by atoms with Crippen LogP contribution in [0.25, 0.3) is 0 Å². The smallest absolute Gasteiger partial charge is 0.260 e. The molecule has 6 nitrogen and oxygen atoms in total. The summed E-state index contributed by atoms with van der Waals surface area (Å²) in [5.41, 5.74) is 1.37. The molecule has 1 N–H and O–H groups in total. The highest BCUT2D eigenvalue weighted by atomic mass is 16.5. The number of pyridine rings is 1. The number of amides is 1. The van der Waals surface area contributed by atoms with Crippen molar-refractivity contribution in [3.8, 4) is 11.8 Å². The maximum Gasteiger partial charge on any atom is 0.260 e. The number of benzene rings is 1. The molecular formula is C19H20N4O2. The van der Waals surface area contributed by atoms with E-state index in [9.17, 15) is 10.1 Å². The lowest BCUT2D eigenvalue weighted by molar-refractivity contribution is -0.132. The third-order valence-corrected chi connectivity index (χ3v) is 4.14. The van der Waals surface area contributed by atoms with E-state index < -0.39 is 0 Å². The molecule has 0 aliphatic carbocycles. The Bertz CT molecular complexity index is 786. The van der Waals surface area contributed by atoms with Crippen LogP contribution < -0.4 is 10.1 Å². The molecule has 1 aliphatic heterocycles. The van der Waals surface area contributed by atoms with Gasteiger partial charge in [-0.25, -0.2) is 4.98 Å². The summed E-state index contributed by atoms with van der Waals surface area (Å²) in [5, 5.41) is 12.5. The number of hydrogen-bond donors (Lipinski definition) is 1. The molecule has 1 fully saturated rings. The molecule has 1 aromatic heterocycles. The summed E-state index contributed by atoms with van der Waals surface area (Å²) in [7, 11) is 0. The van der Waals surface area contributed by atoms with Crippen LogP contribution in [0.4, 0.5) is 5.82 Å². The van der Waals surface area contributed by atoms with Crippen LogP contribution in [0.1, 0.15) is 17.7 Å². The van der Waals surface area contributed by atoms with Crippen LogP contribution in [0.15, 0.2) is 42.5 Å². The summed E-state index contributed by atoms with van der Waals surface area (Å²) in [6.07, 6.45) is 0.817. The highest BCUT2D eigenvalue weighted by Gasteiger charge is 2.27. The Hall–Kier alpha value is -3.07. The van der Waals surface area contributed by atoms with Gasteiger partial charge in [-0.2, -0.15) is 5.26 Å². The van der Waals surface area contributed by atoms with Crippen LogP contribution in [0.3, 0.4) is 0 Å². The van der Waals surface area contributed by atoms with Crippen molar-refractivity contribution in [2.24, 2.45) is 0 Å². The van der Waals surface area contributed by atoms with E-state index in [1.807, 2.05) is 43.3 Å². The van der Waals surface area contributed by atoms with Crippen molar-refractivity contribution in [3.05, 3.63) is 53.7 Å². The fourth-order valence-electron chi connectivity index (χ4n) is 2.81. The van der Waals surface area contributed by atoms with Crippen molar-refractivity contribution in [2.75, 3.05) is 25.0 Å². The van der Waals surface area contributed by atoms with Gasteiger partial charge in [0.2, 0.25) is 0 Å². The Labute approximate surface area is 147 Å². The van der Waals surface area contributed by atoms with Crippen LogP contribution in [0.5, 0.6) is 5.75 Å². The minimum Gasteiger partial charge on any atom is -0.484 e. The number of hydrogen-bond acceptors (Lipinski definition) is 5. The standard InChI is InChI=1S/C19H20N4O2/c1-14-7-8-15(11-20)19(21-14)22-16-9-10-23(12-16)18(24)13-25-17-5-3-2-4-6-17/h2-8,16H,9-10,12-13H2,1H3,(H,21,22). The fourth-order valence-corrected chi connectivity index (χ4v) is 2.81. The molecule has 1 aliphatic rings. The molecule has 3 rings (SSSR count). The SMILES string of the molecule is Cc1ccc(C#N)c(NC2CCN(C(=O)COc3ccccc3)C2)n1. The number of aromatic nitrogens is 1. The molecule has 1 atom stereocenters. The molecule has 2 aromatic rings. The van der Waals surface area contributed by atoms with E-state index in [0.29, 0.717) is 30.2 Å². The Morgan fingerprint density at radius 1 is 1.36 bits per heavy atom. The molecule has 6 heteroatoms. The van der Waals surface area contributed by atoms with Gasteiger partial charge in [0.15, 0.2) is 6.61 Å². The molecule has 128 valence electrons. The molecular weight excluding hydrogens is 316 g/mol. The molecule has 0 bridgehead atoms. The number of nitrogens with one attached hydrogen (secondary N) is 1. The summed E-state index contributed by atoms with van der Waals surface area (Å²) in [4.78, 5) is 18.5. The first-order valence-electron chi connectivity index (χ1n) is 8.25. The molecule has 1 amide bonds. The first kappa shape index (κ1) is 16.8. The van der Waals surface area contributed by atoms with E-state index in [4.69, 9.17) is 4.74 Å². The van der Waals surface area contributed by atoms with Crippen molar-refractivity contribution < 1.29 is 9.53 Å². The third-order valence-electron chi connectivity index (χ3n) is 4.14. The molecule has 25 heavy (non-hydrogen) atoms. The number of nitriles is 1. The summed E-state index contributed by atoms with van der Waals surface area (Å²) >= 11 is 0.